The number of ether oxygens (including phenoxy) is 2. The highest BCUT2D eigenvalue weighted by Crippen LogP contribution is 2.49. The molecule has 0 radical (unpaired) electrons. The summed E-state index contributed by atoms with van der Waals surface area (Å²) in [6, 6.07) is 6.80. The van der Waals surface area contributed by atoms with Gasteiger partial charge in [-0.15, -0.1) is 0 Å². The number of rotatable bonds is 11. The van der Waals surface area contributed by atoms with E-state index in [2.05, 4.69) is 49.9 Å². The fraction of sp³-hybridized carbons (Fsp3) is 0.576. The second kappa shape index (κ2) is 12.3. The van der Waals surface area contributed by atoms with Crippen LogP contribution < -0.4 is 5.32 Å². The van der Waals surface area contributed by atoms with Crippen LogP contribution >= 0.6 is 0 Å². The lowest BCUT2D eigenvalue weighted by molar-refractivity contribution is -0.163. The molecule has 3 N–H and O–H groups in total. The number of carbonyl (C=O) groups is 1. The number of aromatic nitrogens is 3. The van der Waals surface area contributed by atoms with Crippen molar-refractivity contribution in [2.45, 2.75) is 95.5 Å². The number of amides is 1. The third kappa shape index (κ3) is 7.05. The van der Waals surface area contributed by atoms with E-state index in [4.69, 9.17) is 14.5 Å². The molecule has 2 atom stereocenters. The second-order valence-electron chi connectivity index (χ2n) is 14.5. The Morgan fingerprint density at radius 1 is 1.18 bits per heavy atom. The fourth-order valence-electron chi connectivity index (χ4n) is 6.22. The summed E-state index contributed by atoms with van der Waals surface area (Å²) in [6.07, 6.45) is 11.3. The summed E-state index contributed by atoms with van der Waals surface area (Å²) in [4.78, 5) is 23.1. The number of imidazole rings is 1. The van der Waals surface area contributed by atoms with E-state index < -0.39 is 25.2 Å². The summed E-state index contributed by atoms with van der Waals surface area (Å²) in [5, 5.41) is 32.9. The number of nitriles is 1. The predicted octanol–water partition coefficient (Wildman–Crippen LogP) is 5.23. The van der Waals surface area contributed by atoms with Gasteiger partial charge in [0.25, 0.3) is 5.91 Å². The number of aliphatic hydroxyl groups excluding tert-OH is 2. The molecule has 3 aliphatic rings. The zero-order chi connectivity index (χ0) is 31.8. The van der Waals surface area contributed by atoms with Crippen molar-refractivity contribution < 1.29 is 24.5 Å². The third-order valence-electron chi connectivity index (χ3n) is 9.00. The number of nitrogens with zero attached hydrogens (tertiary/aromatic N) is 4. The van der Waals surface area contributed by atoms with Crippen LogP contribution in [0.3, 0.4) is 0 Å². The van der Waals surface area contributed by atoms with Crippen LogP contribution in [0.2, 0.25) is 25.7 Å². The van der Waals surface area contributed by atoms with Crippen LogP contribution in [0.5, 0.6) is 0 Å². The van der Waals surface area contributed by atoms with Crippen molar-refractivity contribution in [2.24, 2.45) is 5.41 Å². The van der Waals surface area contributed by atoms with Crippen molar-refractivity contribution >= 4 is 25.2 Å². The Labute approximate surface area is 260 Å². The van der Waals surface area contributed by atoms with Gasteiger partial charge in [0.05, 0.1) is 24.6 Å². The average Bonchev–Trinajstić information content (AvgIpc) is 3.53. The van der Waals surface area contributed by atoms with Crippen molar-refractivity contribution in [2.75, 3.05) is 25.1 Å². The predicted molar refractivity (Wildman–Crippen MR) is 171 cm³/mol. The molecule has 0 spiro atoms. The number of hydrogen-bond acceptors (Lipinski definition) is 8. The molecule has 10 nitrogen and oxygen atoms in total. The topological polar surface area (TPSA) is 143 Å². The number of fused-ring (bicyclic) bond motifs is 2. The van der Waals surface area contributed by atoms with Gasteiger partial charge in [0.2, 0.25) is 5.82 Å². The van der Waals surface area contributed by atoms with Crippen LogP contribution in [0, 0.1) is 16.7 Å². The number of allylic oxidation sites excluding steroid dienone is 2. The van der Waals surface area contributed by atoms with Crippen molar-refractivity contribution in [3.63, 3.8) is 0 Å². The molecular formula is C33H45N5O5Si. The highest BCUT2D eigenvalue weighted by atomic mass is 28.3. The Bertz CT molecular complexity index is 1480. The quantitative estimate of drug-likeness (QED) is 0.176. The van der Waals surface area contributed by atoms with Gasteiger partial charge in [-0.1, -0.05) is 51.7 Å². The molecule has 4 heterocycles. The van der Waals surface area contributed by atoms with Gasteiger partial charge in [-0.3, -0.25) is 9.78 Å². The maximum Gasteiger partial charge on any atom is 0.291 e. The van der Waals surface area contributed by atoms with E-state index >= 15 is 0 Å². The van der Waals surface area contributed by atoms with Crippen molar-refractivity contribution in [3.05, 3.63) is 59.5 Å². The standard InChI is InChI=1S/C33H45N5O5Si/c1-31(2)10-8-23(9-11-31)28-27(7-6-26(36-28)24-16-32(20-39)12-13-33(17-24,21-40)43-32)37-30(41)29-35-25(18-34)19-38(29)22-42-14-15-44(3,4)5/h6-8,12-13,19,24,39-40H,9-11,14-17,20-22H2,1-5H3,(H,37,41). The second-order valence-corrected chi connectivity index (χ2v) is 20.2. The van der Waals surface area contributed by atoms with Gasteiger partial charge in [-0.05, 0) is 61.3 Å². The summed E-state index contributed by atoms with van der Waals surface area (Å²) in [6.45, 7) is 11.7. The smallest absolute Gasteiger partial charge is 0.291 e. The highest BCUT2D eigenvalue weighted by Gasteiger charge is 2.51. The van der Waals surface area contributed by atoms with Gasteiger partial charge in [-0.2, -0.15) is 5.26 Å². The zero-order valence-corrected chi connectivity index (χ0v) is 27.5. The Balaban J connectivity index is 1.43. The molecule has 11 heteroatoms. The van der Waals surface area contributed by atoms with Crippen LogP contribution in [0.25, 0.3) is 5.57 Å². The minimum Gasteiger partial charge on any atom is -0.393 e. The molecule has 0 aromatic carbocycles. The average molecular weight is 620 g/mol. The maximum atomic E-state index is 13.7. The number of aliphatic hydroxyl groups is 2. The highest BCUT2D eigenvalue weighted by molar-refractivity contribution is 6.76. The summed E-state index contributed by atoms with van der Waals surface area (Å²) >= 11 is 0. The minimum absolute atomic E-state index is 0.0624. The number of hydrogen-bond donors (Lipinski definition) is 3. The maximum absolute atomic E-state index is 13.7. The molecule has 1 aliphatic carbocycles. The molecule has 1 amide bonds. The first-order valence-electron chi connectivity index (χ1n) is 15.5. The van der Waals surface area contributed by atoms with E-state index in [1.54, 1.807) is 10.8 Å². The fourth-order valence-corrected chi connectivity index (χ4v) is 6.98. The van der Waals surface area contributed by atoms with Gasteiger partial charge >= 0.3 is 0 Å². The van der Waals surface area contributed by atoms with Crippen LogP contribution in [0.4, 0.5) is 5.69 Å². The van der Waals surface area contributed by atoms with Crippen LogP contribution in [0.1, 0.15) is 79.6 Å². The van der Waals surface area contributed by atoms with Gasteiger partial charge in [0, 0.05) is 32.5 Å². The van der Waals surface area contributed by atoms with Crippen molar-refractivity contribution in [1.29, 1.82) is 5.26 Å². The molecule has 5 rings (SSSR count). The summed E-state index contributed by atoms with van der Waals surface area (Å²) < 4.78 is 13.6. The lowest BCUT2D eigenvalue weighted by Crippen LogP contribution is -2.48. The molecule has 2 aromatic rings. The summed E-state index contributed by atoms with van der Waals surface area (Å²) in [5.41, 5.74) is 1.81. The normalized spacial score (nSPS) is 25.9. The van der Waals surface area contributed by atoms with Gasteiger partial charge < -0.3 is 29.6 Å². The molecule has 2 aliphatic heterocycles. The van der Waals surface area contributed by atoms with E-state index in [0.29, 0.717) is 30.8 Å². The van der Waals surface area contributed by atoms with E-state index in [1.807, 2.05) is 30.4 Å². The van der Waals surface area contributed by atoms with Gasteiger partial charge in [-0.25, -0.2) is 4.98 Å². The third-order valence-corrected chi connectivity index (χ3v) is 10.7. The van der Waals surface area contributed by atoms with Crippen molar-refractivity contribution in [3.8, 4) is 6.07 Å². The lowest BCUT2D eigenvalue weighted by atomic mass is 9.77. The molecule has 1 fully saturated rings. The number of nitrogens with one attached hydrogen (secondary N) is 1. The number of pyridine rings is 1. The minimum atomic E-state index is -1.28. The SMILES string of the molecule is CC1(C)CC=C(c2nc(C3CC4(CO)C=CC(CO)(C3)O4)ccc2NC(=O)c2nc(C#N)cn2COCC[Si](C)(C)C)CC1. The molecule has 1 saturated heterocycles. The van der Waals surface area contributed by atoms with Crippen LogP contribution in [0.15, 0.2) is 36.6 Å². The first-order chi connectivity index (χ1) is 20.8. The van der Waals surface area contributed by atoms with Gasteiger partial charge in [0.1, 0.15) is 24.0 Å². The Kier molecular flexibility index (Phi) is 9.04. The summed E-state index contributed by atoms with van der Waals surface area (Å²) in [7, 11) is -1.28. The van der Waals surface area contributed by atoms with Gasteiger partial charge in [0.15, 0.2) is 5.69 Å². The van der Waals surface area contributed by atoms with Crippen LogP contribution in [-0.2, 0) is 16.2 Å². The molecule has 2 bridgehead atoms. The lowest BCUT2D eigenvalue weighted by Gasteiger charge is -2.42. The summed E-state index contributed by atoms with van der Waals surface area (Å²) in [5.74, 6) is -0.405. The Hall–Kier alpha value is -3.14. The Morgan fingerprint density at radius 2 is 1.89 bits per heavy atom. The van der Waals surface area contributed by atoms with E-state index in [9.17, 15) is 20.3 Å². The molecule has 2 unspecified atom stereocenters. The van der Waals surface area contributed by atoms with E-state index in [-0.39, 0.29) is 42.8 Å². The molecular weight excluding hydrogens is 574 g/mol. The molecule has 2 aromatic heterocycles. The van der Waals surface area contributed by atoms with E-state index in [0.717, 1.165) is 36.6 Å². The number of carbonyl (C=O) groups excluding carboxylic acids is 1. The number of anilines is 1. The molecule has 236 valence electrons. The van der Waals surface area contributed by atoms with Crippen molar-refractivity contribution in [1.82, 2.24) is 14.5 Å². The molecule has 0 saturated carbocycles. The first kappa shape index (κ1) is 32.3. The van der Waals surface area contributed by atoms with Crippen LogP contribution in [-0.4, -0.2) is 69.8 Å². The molecule has 44 heavy (non-hydrogen) atoms. The zero-order valence-electron chi connectivity index (χ0n) is 26.5. The Morgan fingerprint density at radius 3 is 2.48 bits per heavy atom. The monoisotopic (exact) mass is 619 g/mol. The first-order valence-corrected chi connectivity index (χ1v) is 19.2. The van der Waals surface area contributed by atoms with E-state index in [1.165, 1.54) is 0 Å². The largest absolute Gasteiger partial charge is 0.393 e.